The minimum absolute atomic E-state index is 1.34. The molecule has 3 unspecified atom stereocenters. The maximum Gasteiger partial charge on any atom is 0.323 e. The van der Waals surface area contributed by atoms with Crippen LogP contribution in [-0.4, -0.2) is 28.1 Å². The molecule has 6 heteroatoms. The van der Waals surface area contributed by atoms with Crippen molar-refractivity contribution in [1.82, 2.24) is 0 Å². The van der Waals surface area contributed by atoms with E-state index in [1.54, 1.807) is 0 Å². The van der Waals surface area contributed by atoms with E-state index in [9.17, 15) is 9.36 Å². The number of aliphatic hydroxyl groups is 1. The third kappa shape index (κ3) is 2.60. The maximum absolute atomic E-state index is 9.89. The molecule has 0 radical (unpaired) electrons. The highest BCUT2D eigenvalue weighted by Crippen LogP contribution is 2.04. The predicted molar refractivity (Wildman–Crippen MR) is 32.0 cm³/mol. The van der Waals surface area contributed by atoms with Crippen molar-refractivity contribution >= 4 is 14.4 Å². The molecule has 0 saturated heterocycles. The summed E-state index contributed by atoms with van der Waals surface area (Å²) in [5, 5.41) is 16.6. The largest absolute Gasteiger partial charge is 0.480 e. The van der Waals surface area contributed by atoms with Gasteiger partial charge in [0.1, 0.15) is 11.9 Å². The smallest absolute Gasteiger partial charge is 0.323 e. The Hall–Kier alpha value is -0.380. The molecule has 0 amide bonds. The molecule has 5 nitrogen and oxygen atoms in total. The molecule has 0 fully saturated rings. The third-order valence-corrected chi connectivity index (χ3v) is 1.49. The zero-order valence-corrected chi connectivity index (χ0v) is 5.68. The third-order valence-electron chi connectivity index (χ3n) is 0.793. The van der Waals surface area contributed by atoms with Gasteiger partial charge in [0.2, 0.25) is 0 Å². The van der Waals surface area contributed by atoms with Crippen molar-refractivity contribution in [3.05, 3.63) is 0 Å². The Balaban J connectivity index is 3.86. The molecule has 0 spiro atoms. The summed E-state index contributed by atoms with van der Waals surface area (Å²) in [5.74, 6) is -2.74. The first-order chi connectivity index (χ1) is 4.09. The Labute approximate surface area is 52.7 Å². The van der Waals surface area contributed by atoms with Gasteiger partial charge in [-0.3, -0.25) is 4.79 Å². The molecule has 0 aliphatic rings. The first-order valence-corrected chi connectivity index (χ1v) is 3.35. The fourth-order valence-corrected chi connectivity index (χ4v) is 0.565. The quantitative estimate of drug-likeness (QED) is 0.427. The first kappa shape index (κ1) is 8.62. The summed E-state index contributed by atoms with van der Waals surface area (Å²) in [6.07, 6.45) is 0. The van der Waals surface area contributed by atoms with Crippen LogP contribution in [0, 0.1) is 0 Å². The van der Waals surface area contributed by atoms with Gasteiger partial charge in [-0.05, 0) is 0 Å². The average Bonchev–Trinajstić information content (AvgIpc) is 1.84. The van der Waals surface area contributed by atoms with E-state index in [-0.39, 0.29) is 0 Å². The lowest BCUT2D eigenvalue weighted by molar-refractivity contribution is -0.139. The Morgan fingerprint density at radius 3 is 2.22 bits per heavy atom. The fraction of sp³-hybridized carbons (Fsp3) is 0.667. The van der Waals surface area contributed by atoms with E-state index >= 15 is 0 Å². The summed E-state index contributed by atoms with van der Waals surface area (Å²) in [4.78, 5) is 9.89. The van der Waals surface area contributed by atoms with Crippen LogP contribution in [-0.2, 0) is 9.36 Å². The minimum Gasteiger partial charge on any atom is -0.480 e. The predicted octanol–water partition coefficient (Wildman–Crippen LogP) is -1.53. The molecule has 0 aliphatic heterocycles. The van der Waals surface area contributed by atoms with E-state index in [0.717, 1.165) is 0 Å². The second-order valence-electron chi connectivity index (χ2n) is 1.49. The molecule has 0 rings (SSSR count). The van der Waals surface area contributed by atoms with Gasteiger partial charge in [0.15, 0.2) is 0 Å². The van der Waals surface area contributed by atoms with Crippen LogP contribution in [0.2, 0.25) is 0 Å². The molecule has 0 aromatic carbocycles. The van der Waals surface area contributed by atoms with E-state index in [0.29, 0.717) is 0 Å². The van der Waals surface area contributed by atoms with Crippen LogP contribution in [0.1, 0.15) is 0 Å². The summed E-state index contributed by atoms with van der Waals surface area (Å²) in [5.41, 5.74) is 4.84. The number of rotatable bonds is 3. The van der Waals surface area contributed by atoms with Crippen LogP contribution in [0.15, 0.2) is 0 Å². The van der Waals surface area contributed by atoms with E-state index in [1.807, 2.05) is 0 Å². The molecule has 0 heterocycles. The molecule has 3 atom stereocenters. The summed E-state index contributed by atoms with van der Waals surface area (Å²) in [6, 6.07) is -1.42. The maximum atomic E-state index is 9.89. The van der Waals surface area contributed by atoms with E-state index in [4.69, 9.17) is 15.9 Å². The van der Waals surface area contributed by atoms with E-state index in [2.05, 4.69) is 0 Å². The summed E-state index contributed by atoms with van der Waals surface area (Å²) in [7, 11) is -1.52. The van der Waals surface area contributed by atoms with Gasteiger partial charge in [0.05, 0.1) is 8.46 Å². The van der Waals surface area contributed by atoms with Gasteiger partial charge in [-0.2, -0.15) is 0 Å². The molecule has 0 aromatic heterocycles. The van der Waals surface area contributed by atoms with Crippen molar-refractivity contribution in [1.29, 1.82) is 0 Å². The first-order valence-electron chi connectivity index (χ1n) is 2.21. The number of carboxylic acid groups (broad SMARTS) is 1. The molecule has 0 saturated carbocycles. The van der Waals surface area contributed by atoms with Gasteiger partial charge in [0, 0.05) is 0 Å². The van der Waals surface area contributed by atoms with Crippen LogP contribution in [0.3, 0.4) is 0 Å². The lowest BCUT2D eigenvalue weighted by Gasteiger charge is -2.06. The fourth-order valence-electron chi connectivity index (χ4n) is 0.231. The zero-order chi connectivity index (χ0) is 7.44. The van der Waals surface area contributed by atoms with Gasteiger partial charge in [-0.15, -0.1) is 0 Å². The van der Waals surface area contributed by atoms with Crippen molar-refractivity contribution in [2.75, 3.05) is 0 Å². The van der Waals surface area contributed by atoms with Crippen molar-refractivity contribution in [2.45, 2.75) is 11.9 Å². The lowest BCUT2D eigenvalue weighted by Crippen LogP contribution is -2.38. The molecule has 54 valence electrons. The Morgan fingerprint density at radius 2 is 2.11 bits per heavy atom. The van der Waals surface area contributed by atoms with E-state index < -0.39 is 26.3 Å². The van der Waals surface area contributed by atoms with Crippen LogP contribution in [0.25, 0.3) is 0 Å². The highest BCUT2D eigenvalue weighted by atomic mass is 31.1. The number of nitrogens with two attached hydrogens (primary N) is 1. The Kier molecular flexibility index (Phi) is 3.46. The van der Waals surface area contributed by atoms with Crippen molar-refractivity contribution in [2.24, 2.45) is 5.73 Å². The number of aliphatic carboxylic acids is 1. The summed E-state index contributed by atoms with van der Waals surface area (Å²) >= 11 is 0. The van der Waals surface area contributed by atoms with Crippen molar-refractivity contribution < 1.29 is 19.6 Å². The topological polar surface area (TPSA) is 101 Å². The summed E-state index contributed by atoms with van der Waals surface area (Å²) < 4.78 is 9.87. The van der Waals surface area contributed by atoms with Gasteiger partial charge in [-0.25, -0.2) is 0 Å². The molecular formula is C3H8NO4P. The monoisotopic (exact) mass is 153 g/mol. The standard InChI is InChI=1S/C3H8NO4P/c4-1(2(5)6)3(7)9-8/h1,3,7H,4,9H2,(H,5,6). The lowest BCUT2D eigenvalue weighted by atomic mass is 10.3. The molecule has 0 aromatic rings. The van der Waals surface area contributed by atoms with Gasteiger partial charge in [-0.1, -0.05) is 0 Å². The number of carbonyl (C=O) groups is 1. The molecule has 0 bridgehead atoms. The van der Waals surface area contributed by atoms with Crippen LogP contribution in [0.4, 0.5) is 0 Å². The Bertz CT molecular complexity index is 127. The highest BCUT2D eigenvalue weighted by Gasteiger charge is 2.19. The second-order valence-corrected chi connectivity index (χ2v) is 2.45. The van der Waals surface area contributed by atoms with Gasteiger partial charge >= 0.3 is 5.97 Å². The van der Waals surface area contributed by atoms with Gasteiger partial charge in [0.25, 0.3) is 0 Å². The molecule has 0 aliphatic carbocycles. The van der Waals surface area contributed by atoms with Crippen molar-refractivity contribution in [3.63, 3.8) is 0 Å². The molecule has 4 N–H and O–H groups in total. The second kappa shape index (κ2) is 3.61. The number of carboxylic acids is 1. The zero-order valence-electron chi connectivity index (χ0n) is 4.52. The number of aliphatic hydroxyl groups excluding tert-OH is 1. The number of hydrogen-bond acceptors (Lipinski definition) is 4. The van der Waals surface area contributed by atoms with Crippen molar-refractivity contribution in [3.8, 4) is 0 Å². The number of hydrogen-bond donors (Lipinski definition) is 3. The molecular weight excluding hydrogens is 145 g/mol. The van der Waals surface area contributed by atoms with E-state index in [1.165, 1.54) is 0 Å². The average molecular weight is 153 g/mol. The normalized spacial score (nSPS) is 18.0. The Morgan fingerprint density at radius 1 is 1.67 bits per heavy atom. The highest BCUT2D eigenvalue weighted by molar-refractivity contribution is 7.24. The summed E-state index contributed by atoms with van der Waals surface area (Å²) in [6.45, 7) is 0. The van der Waals surface area contributed by atoms with Crippen LogP contribution < -0.4 is 5.73 Å². The minimum atomic E-state index is -1.52. The van der Waals surface area contributed by atoms with Crippen LogP contribution in [0.5, 0.6) is 0 Å². The van der Waals surface area contributed by atoms with Crippen LogP contribution >= 0.6 is 8.46 Å². The van der Waals surface area contributed by atoms with Gasteiger partial charge < -0.3 is 20.5 Å². The molecule has 9 heavy (non-hydrogen) atoms. The SMILES string of the molecule is NC(C(=O)O)C(O)[PH2]=O.